The zero-order valence-corrected chi connectivity index (χ0v) is 13.5. The molecular formula is C19H19NO4. The van der Waals surface area contributed by atoms with Gasteiger partial charge in [-0.15, -0.1) is 0 Å². The van der Waals surface area contributed by atoms with Gasteiger partial charge >= 0.3 is 5.97 Å². The number of carbonyl (C=O) groups excluding carboxylic acids is 2. The summed E-state index contributed by atoms with van der Waals surface area (Å²) in [5.41, 5.74) is 1.87. The van der Waals surface area contributed by atoms with Crippen LogP contribution >= 0.6 is 0 Å². The van der Waals surface area contributed by atoms with Gasteiger partial charge < -0.3 is 14.8 Å². The number of benzene rings is 2. The van der Waals surface area contributed by atoms with Crippen molar-refractivity contribution in [3.05, 3.63) is 59.7 Å². The Hall–Kier alpha value is -2.82. The number of anilines is 1. The van der Waals surface area contributed by atoms with Crippen molar-refractivity contribution < 1.29 is 19.1 Å². The summed E-state index contributed by atoms with van der Waals surface area (Å²) >= 11 is 0. The molecule has 3 rings (SSSR count). The molecule has 0 radical (unpaired) electrons. The van der Waals surface area contributed by atoms with Gasteiger partial charge in [-0.3, -0.25) is 4.79 Å². The molecule has 1 amide bonds. The predicted octanol–water partition coefficient (Wildman–Crippen LogP) is 3.40. The normalized spacial score (nSPS) is 13.2. The third-order valence-corrected chi connectivity index (χ3v) is 3.82. The molecule has 24 heavy (non-hydrogen) atoms. The molecule has 0 aromatic heterocycles. The molecule has 0 atom stereocenters. The van der Waals surface area contributed by atoms with Crippen molar-refractivity contribution in [3.63, 3.8) is 0 Å². The second-order valence-corrected chi connectivity index (χ2v) is 5.77. The Kier molecular flexibility index (Phi) is 4.79. The molecule has 1 saturated carbocycles. The lowest BCUT2D eigenvalue weighted by Gasteiger charge is -2.08. The minimum Gasteiger partial charge on any atom is -0.497 e. The second kappa shape index (κ2) is 7.17. The molecule has 0 saturated heterocycles. The fourth-order valence-electron chi connectivity index (χ4n) is 2.31. The molecular weight excluding hydrogens is 306 g/mol. The van der Waals surface area contributed by atoms with E-state index in [0.29, 0.717) is 17.0 Å². The zero-order chi connectivity index (χ0) is 16.9. The van der Waals surface area contributed by atoms with E-state index < -0.39 is 5.97 Å². The van der Waals surface area contributed by atoms with Gasteiger partial charge in [0.05, 0.1) is 12.7 Å². The molecule has 124 valence electrons. The van der Waals surface area contributed by atoms with E-state index in [9.17, 15) is 9.59 Å². The summed E-state index contributed by atoms with van der Waals surface area (Å²) in [5.74, 6) is 0.416. The van der Waals surface area contributed by atoms with E-state index in [2.05, 4.69) is 5.32 Å². The summed E-state index contributed by atoms with van der Waals surface area (Å²) in [5, 5.41) is 2.82. The van der Waals surface area contributed by atoms with Crippen LogP contribution in [0.2, 0.25) is 0 Å². The van der Waals surface area contributed by atoms with Crippen molar-refractivity contribution in [3.8, 4) is 5.75 Å². The van der Waals surface area contributed by atoms with Crippen molar-refractivity contribution >= 4 is 17.6 Å². The highest BCUT2D eigenvalue weighted by atomic mass is 16.5. The van der Waals surface area contributed by atoms with Crippen LogP contribution in [0.5, 0.6) is 5.75 Å². The van der Waals surface area contributed by atoms with Gasteiger partial charge in [0.2, 0.25) is 5.91 Å². The van der Waals surface area contributed by atoms with Gasteiger partial charge in [0.1, 0.15) is 12.4 Å². The highest BCUT2D eigenvalue weighted by molar-refractivity contribution is 5.96. The highest BCUT2D eigenvalue weighted by Gasteiger charge is 2.29. The molecule has 0 heterocycles. The molecule has 1 fully saturated rings. The third-order valence-electron chi connectivity index (χ3n) is 3.82. The van der Waals surface area contributed by atoms with Gasteiger partial charge in [0, 0.05) is 11.6 Å². The number of hydrogen-bond acceptors (Lipinski definition) is 4. The van der Waals surface area contributed by atoms with E-state index in [1.165, 1.54) is 0 Å². The van der Waals surface area contributed by atoms with Crippen LogP contribution in [-0.2, 0) is 16.1 Å². The first kappa shape index (κ1) is 16.1. The Balaban J connectivity index is 1.60. The van der Waals surface area contributed by atoms with Crippen LogP contribution in [0.1, 0.15) is 28.8 Å². The van der Waals surface area contributed by atoms with Gasteiger partial charge in [0.15, 0.2) is 0 Å². The number of methoxy groups -OCH3 is 1. The van der Waals surface area contributed by atoms with Crippen molar-refractivity contribution in [2.45, 2.75) is 19.4 Å². The smallest absolute Gasteiger partial charge is 0.338 e. The lowest BCUT2D eigenvalue weighted by atomic mass is 10.2. The predicted molar refractivity (Wildman–Crippen MR) is 89.9 cm³/mol. The number of ether oxygens (including phenoxy) is 2. The number of carbonyl (C=O) groups is 2. The van der Waals surface area contributed by atoms with E-state index in [1.807, 2.05) is 24.3 Å². The van der Waals surface area contributed by atoms with E-state index in [4.69, 9.17) is 9.47 Å². The minimum atomic E-state index is -0.430. The van der Waals surface area contributed by atoms with Gasteiger partial charge in [-0.05, 0) is 48.7 Å². The largest absolute Gasteiger partial charge is 0.497 e. The monoisotopic (exact) mass is 325 g/mol. The molecule has 0 aliphatic heterocycles. The second-order valence-electron chi connectivity index (χ2n) is 5.77. The lowest BCUT2D eigenvalue weighted by Crippen LogP contribution is -2.14. The molecule has 1 aliphatic carbocycles. The maximum Gasteiger partial charge on any atom is 0.338 e. The Labute approximate surface area is 140 Å². The van der Waals surface area contributed by atoms with E-state index in [-0.39, 0.29) is 18.4 Å². The number of nitrogens with one attached hydrogen (secondary N) is 1. The molecule has 2 aromatic carbocycles. The van der Waals surface area contributed by atoms with E-state index in [0.717, 1.165) is 18.4 Å². The van der Waals surface area contributed by atoms with Crippen LogP contribution in [0, 0.1) is 5.92 Å². The van der Waals surface area contributed by atoms with Crippen molar-refractivity contribution in [2.75, 3.05) is 12.4 Å². The molecule has 1 aliphatic rings. The van der Waals surface area contributed by atoms with Gasteiger partial charge in [0.25, 0.3) is 0 Å². The van der Waals surface area contributed by atoms with E-state index >= 15 is 0 Å². The summed E-state index contributed by atoms with van der Waals surface area (Å²) in [6.07, 6.45) is 1.88. The van der Waals surface area contributed by atoms with Crippen LogP contribution < -0.4 is 10.1 Å². The van der Waals surface area contributed by atoms with Crippen molar-refractivity contribution in [1.82, 2.24) is 0 Å². The SMILES string of the molecule is COc1cccc(COC(=O)c2cccc(NC(=O)C3CC3)c2)c1. The Morgan fingerprint density at radius 1 is 1.12 bits per heavy atom. The van der Waals surface area contributed by atoms with Gasteiger partial charge in [-0.2, -0.15) is 0 Å². The van der Waals surface area contributed by atoms with Gasteiger partial charge in [-0.25, -0.2) is 4.79 Å². The fourth-order valence-corrected chi connectivity index (χ4v) is 2.31. The van der Waals surface area contributed by atoms with E-state index in [1.54, 1.807) is 31.4 Å². The zero-order valence-electron chi connectivity index (χ0n) is 13.5. The van der Waals surface area contributed by atoms with Gasteiger partial charge in [-0.1, -0.05) is 18.2 Å². The number of esters is 1. The molecule has 0 unspecified atom stereocenters. The van der Waals surface area contributed by atoms with Crippen LogP contribution in [0.25, 0.3) is 0 Å². The van der Waals surface area contributed by atoms with Crippen LogP contribution in [0.15, 0.2) is 48.5 Å². The fraction of sp³-hybridized carbons (Fsp3) is 0.263. The summed E-state index contributed by atoms with van der Waals surface area (Å²) < 4.78 is 10.5. The quantitative estimate of drug-likeness (QED) is 0.827. The number of amides is 1. The summed E-state index contributed by atoms with van der Waals surface area (Å²) in [4.78, 5) is 24.0. The average molecular weight is 325 g/mol. The molecule has 5 heteroatoms. The highest BCUT2D eigenvalue weighted by Crippen LogP contribution is 2.30. The summed E-state index contributed by atoms with van der Waals surface area (Å²) in [7, 11) is 1.59. The molecule has 0 bridgehead atoms. The first-order valence-electron chi connectivity index (χ1n) is 7.86. The lowest BCUT2D eigenvalue weighted by molar-refractivity contribution is -0.117. The molecule has 2 aromatic rings. The van der Waals surface area contributed by atoms with Crippen molar-refractivity contribution in [2.24, 2.45) is 5.92 Å². The first-order chi connectivity index (χ1) is 11.7. The summed E-state index contributed by atoms with van der Waals surface area (Å²) in [6.45, 7) is 0.161. The van der Waals surface area contributed by atoms with Crippen LogP contribution in [0.3, 0.4) is 0 Å². The Bertz CT molecular complexity index is 753. The third kappa shape index (κ3) is 4.13. The maximum absolute atomic E-state index is 12.2. The maximum atomic E-state index is 12.2. The van der Waals surface area contributed by atoms with Crippen LogP contribution in [0.4, 0.5) is 5.69 Å². The summed E-state index contributed by atoms with van der Waals surface area (Å²) in [6, 6.07) is 14.1. The molecule has 1 N–H and O–H groups in total. The topological polar surface area (TPSA) is 64.6 Å². The number of rotatable bonds is 6. The standard InChI is InChI=1S/C19H19NO4/c1-23-17-7-2-4-13(10-17)12-24-19(22)15-5-3-6-16(11-15)20-18(21)14-8-9-14/h2-7,10-11,14H,8-9,12H2,1H3,(H,20,21). The Morgan fingerprint density at radius 3 is 2.67 bits per heavy atom. The first-order valence-corrected chi connectivity index (χ1v) is 7.86. The van der Waals surface area contributed by atoms with Crippen LogP contribution in [-0.4, -0.2) is 19.0 Å². The van der Waals surface area contributed by atoms with Crippen molar-refractivity contribution in [1.29, 1.82) is 0 Å². The Morgan fingerprint density at radius 2 is 1.92 bits per heavy atom. The average Bonchev–Trinajstić information content (AvgIpc) is 3.45. The number of hydrogen-bond donors (Lipinski definition) is 1. The molecule has 5 nitrogen and oxygen atoms in total. The minimum absolute atomic E-state index is 0.0110. The molecule has 0 spiro atoms.